The number of para-hydroxylation sites is 2. The van der Waals surface area contributed by atoms with Crippen LogP contribution in [0.5, 0.6) is 0 Å². The molecule has 4 nitrogen and oxygen atoms in total. The summed E-state index contributed by atoms with van der Waals surface area (Å²) in [5.74, 6) is 3.26. The third-order valence-corrected chi connectivity index (χ3v) is 3.46. The van der Waals surface area contributed by atoms with E-state index in [9.17, 15) is 4.79 Å². The lowest BCUT2D eigenvalue weighted by Crippen LogP contribution is -2.19. The van der Waals surface area contributed by atoms with Crippen LogP contribution in [0.2, 0.25) is 0 Å². The Labute approximate surface area is 128 Å². The van der Waals surface area contributed by atoms with Crippen molar-refractivity contribution in [2.75, 3.05) is 5.32 Å². The van der Waals surface area contributed by atoms with Gasteiger partial charge in [0.15, 0.2) is 0 Å². The van der Waals surface area contributed by atoms with Crippen molar-refractivity contribution >= 4 is 22.6 Å². The van der Waals surface area contributed by atoms with Crippen LogP contribution in [0.25, 0.3) is 11.0 Å². The summed E-state index contributed by atoms with van der Waals surface area (Å²) in [6.45, 7) is 2.11. The fourth-order valence-corrected chi connectivity index (χ4v) is 2.43. The Balaban J connectivity index is 1.81. The van der Waals surface area contributed by atoms with Gasteiger partial charge in [-0.2, -0.15) is 0 Å². The smallest absolute Gasteiger partial charge is 0.244 e. The number of imidazole rings is 1. The van der Waals surface area contributed by atoms with Gasteiger partial charge in [0.25, 0.3) is 0 Å². The second-order valence-corrected chi connectivity index (χ2v) is 5.01. The fourth-order valence-electron chi connectivity index (χ4n) is 2.43. The van der Waals surface area contributed by atoms with Crippen molar-refractivity contribution in [3.63, 3.8) is 0 Å². The van der Waals surface area contributed by atoms with Gasteiger partial charge in [-0.3, -0.25) is 4.79 Å². The van der Waals surface area contributed by atoms with E-state index in [4.69, 9.17) is 6.42 Å². The van der Waals surface area contributed by atoms with Gasteiger partial charge in [-0.25, -0.2) is 4.98 Å². The zero-order valence-corrected chi connectivity index (χ0v) is 12.2. The summed E-state index contributed by atoms with van der Waals surface area (Å²) in [6, 6.07) is 15.0. The molecule has 0 aliphatic carbocycles. The molecule has 2 aromatic carbocycles. The molecule has 0 radical (unpaired) electrons. The maximum absolute atomic E-state index is 12.3. The molecule has 108 valence electrons. The minimum atomic E-state index is -0.111. The monoisotopic (exact) mass is 289 g/mol. The van der Waals surface area contributed by atoms with Gasteiger partial charge in [0.1, 0.15) is 12.4 Å². The summed E-state index contributed by atoms with van der Waals surface area (Å²) in [6.07, 6.45) is 5.37. The zero-order chi connectivity index (χ0) is 15.5. The quantitative estimate of drug-likeness (QED) is 0.754. The van der Waals surface area contributed by atoms with Crippen LogP contribution in [0, 0.1) is 19.3 Å². The molecule has 0 aliphatic heterocycles. The highest BCUT2D eigenvalue weighted by Gasteiger charge is 2.10. The number of rotatable bonds is 3. The summed E-state index contributed by atoms with van der Waals surface area (Å²) < 4.78 is 1.90. The number of terminal acetylenes is 1. The van der Waals surface area contributed by atoms with Gasteiger partial charge in [0.05, 0.1) is 11.0 Å². The number of carbonyl (C=O) groups is 1. The predicted molar refractivity (Wildman–Crippen MR) is 87.5 cm³/mol. The maximum Gasteiger partial charge on any atom is 0.244 e. The van der Waals surface area contributed by atoms with Gasteiger partial charge in [-0.05, 0) is 37.3 Å². The summed E-state index contributed by atoms with van der Waals surface area (Å²) >= 11 is 0. The van der Waals surface area contributed by atoms with Crippen molar-refractivity contribution in [2.24, 2.45) is 0 Å². The van der Waals surface area contributed by atoms with E-state index in [1.54, 1.807) is 6.07 Å². The number of anilines is 1. The molecule has 0 bridgehead atoms. The highest BCUT2D eigenvalue weighted by atomic mass is 16.1. The predicted octanol–water partition coefficient (Wildman–Crippen LogP) is 2.96. The topological polar surface area (TPSA) is 46.9 Å². The number of nitrogens with zero attached hydrogens (tertiary/aromatic N) is 2. The van der Waals surface area contributed by atoms with E-state index in [0.717, 1.165) is 22.4 Å². The van der Waals surface area contributed by atoms with E-state index in [-0.39, 0.29) is 12.5 Å². The van der Waals surface area contributed by atoms with Gasteiger partial charge in [0.2, 0.25) is 5.91 Å². The third-order valence-electron chi connectivity index (χ3n) is 3.46. The van der Waals surface area contributed by atoms with Gasteiger partial charge >= 0.3 is 0 Å². The molecule has 0 saturated heterocycles. The maximum atomic E-state index is 12.3. The number of hydrogen-bond donors (Lipinski definition) is 1. The van der Waals surface area contributed by atoms with Crippen LogP contribution in [0.1, 0.15) is 11.4 Å². The van der Waals surface area contributed by atoms with Crippen LogP contribution in [-0.4, -0.2) is 15.5 Å². The van der Waals surface area contributed by atoms with Crippen molar-refractivity contribution in [1.82, 2.24) is 9.55 Å². The number of hydrogen-bond acceptors (Lipinski definition) is 2. The first-order chi connectivity index (χ1) is 10.7. The number of fused-ring (bicyclic) bond motifs is 1. The number of nitrogens with one attached hydrogen (secondary N) is 1. The molecular weight excluding hydrogens is 274 g/mol. The van der Waals surface area contributed by atoms with Gasteiger partial charge in [0, 0.05) is 11.3 Å². The number of amides is 1. The highest BCUT2D eigenvalue weighted by molar-refractivity contribution is 5.91. The van der Waals surface area contributed by atoms with E-state index in [1.165, 1.54) is 0 Å². The van der Waals surface area contributed by atoms with Gasteiger partial charge in [-0.15, -0.1) is 6.42 Å². The Bertz CT molecular complexity index is 887. The number of benzene rings is 2. The molecule has 1 N–H and O–H groups in total. The largest absolute Gasteiger partial charge is 0.324 e. The molecule has 4 heteroatoms. The first-order valence-electron chi connectivity index (χ1n) is 6.96. The van der Waals surface area contributed by atoms with Crippen LogP contribution in [0.3, 0.4) is 0 Å². The Morgan fingerprint density at radius 2 is 2.09 bits per heavy atom. The van der Waals surface area contributed by atoms with Crippen molar-refractivity contribution in [3.8, 4) is 12.3 Å². The summed E-state index contributed by atoms with van der Waals surface area (Å²) in [7, 11) is 0. The SMILES string of the molecule is C#Cc1cccc(NC(=O)Cn2c(C)nc3ccccc32)c1. The van der Waals surface area contributed by atoms with E-state index >= 15 is 0 Å². The zero-order valence-electron chi connectivity index (χ0n) is 12.2. The number of aromatic nitrogens is 2. The third kappa shape index (κ3) is 2.70. The molecule has 0 fully saturated rings. The normalized spacial score (nSPS) is 10.4. The van der Waals surface area contributed by atoms with Gasteiger partial charge in [-0.1, -0.05) is 24.1 Å². The van der Waals surface area contributed by atoms with E-state index in [1.807, 2.05) is 54.0 Å². The molecule has 0 aliphatic rings. The van der Waals surface area contributed by atoms with E-state index in [0.29, 0.717) is 5.69 Å². The first-order valence-corrected chi connectivity index (χ1v) is 6.96. The Morgan fingerprint density at radius 3 is 2.91 bits per heavy atom. The lowest BCUT2D eigenvalue weighted by Gasteiger charge is -2.08. The average Bonchev–Trinajstić information content (AvgIpc) is 2.83. The number of aryl methyl sites for hydroxylation is 1. The molecule has 1 aromatic heterocycles. The molecule has 0 saturated carbocycles. The number of carbonyl (C=O) groups excluding carboxylic acids is 1. The standard InChI is InChI=1S/C18H15N3O/c1-3-14-7-6-8-15(11-14)20-18(22)12-21-13(2)19-16-9-4-5-10-17(16)21/h1,4-11H,12H2,2H3,(H,20,22). The lowest BCUT2D eigenvalue weighted by atomic mass is 10.2. The van der Waals surface area contributed by atoms with E-state index < -0.39 is 0 Å². The second-order valence-electron chi connectivity index (χ2n) is 5.01. The molecule has 0 spiro atoms. The van der Waals surface area contributed by atoms with Crippen LogP contribution in [0.15, 0.2) is 48.5 Å². The van der Waals surface area contributed by atoms with Crippen LogP contribution in [0.4, 0.5) is 5.69 Å². The molecule has 1 heterocycles. The molecule has 0 unspecified atom stereocenters. The highest BCUT2D eigenvalue weighted by Crippen LogP contribution is 2.16. The van der Waals surface area contributed by atoms with Crippen molar-refractivity contribution in [3.05, 3.63) is 59.9 Å². The van der Waals surface area contributed by atoms with Crippen molar-refractivity contribution in [2.45, 2.75) is 13.5 Å². The minimum Gasteiger partial charge on any atom is -0.324 e. The van der Waals surface area contributed by atoms with Gasteiger partial charge < -0.3 is 9.88 Å². The van der Waals surface area contributed by atoms with Crippen LogP contribution in [-0.2, 0) is 11.3 Å². The van der Waals surface area contributed by atoms with E-state index in [2.05, 4.69) is 16.2 Å². The molecule has 3 aromatic rings. The Morgan fingerprint density at radius 1 is 1.27 bits per heavy atom. The molecule has 1 amide bonds. The minimum absolute atomic E-state index is 0.111. The molecule has 3 rings (SSSR count). The summed E-state index contributed by atoms with van der Waals surface area (Å²) in [4.78, 5) is 16.7. The summed E-state index contributed by atoms with van der Waals surface area (Å²) in [5, 5.41) is 2.86. The van der Waals surface area contributed by atoms with Crippen molar-refractivity contribution < 1.29 is 4.79 Å². The summed E-state index contributed by atoms with van der Waals surface area (Å²) in [5.41, 5.74) is 3.28. The average molecular weight is 289 g/mol. The van der Waals surface area contributed by atoms with Crippen LogP contribution >= 0.6 is 0 Å². The Kier molecular flexibility index (Phi) is 3.63. The molecule has 22 heavy (non-hydrogen) atoms. The Hall–Kier alpha value is -3.06. The second kappa shape index (κ2) is 5.74. The molecule has 0 atom stereocenters. The lowest BCUT2D eigenvalue weighted by molar-refractivity contribution is -0.116. The first kappa shape index (κ1) is 13.9. The van der Waals surface area contributed by atoms with Crippen molar-refractivity contribution in [1.29, 1.82) is 0 Å². The van der Waals surface area contributed by atoms with Crippen LogP contribution < -0.4 is 5.32 Å². The molecular formula is C18H15N3O. The fraction of sp³-hybridized carbons (Fsp3) is 0.111.